The number of rotatable bonds is 7. The number of hydrogen-bond acceptors (Lipinski definition) is 4. The summed E-state index contributed by atoms with van der Waals surface area (Å²) >= 11 is 0. The number of carbonyl (C=O) groups excluding carboxylic acids is 3. The lowest BCUT2D eigenvalue weighted by molar-refractivity contribution is -0.135. The molecule has 0 aliphatic carbocycles. The molecule has 0 saturated carbocycles. The summed E-state index contributed by atoms with van der Waals surface area (Å²) in [4.78, 5) is 43.5. The number of anilines is 1. The number of likely N-dealkylation sites (N-methyl/N-ethyl adjacent to an activating group) is 1. The summed E-state index contributed by atoms with van der Waals surface area (Å²) in [7, 11) is 1.55. The van der Waals surface area contributed by atoms with E-state index in [4.69, 9.17) is 0 Å². The summed E-state index contributed by atoms with van der Waals surface area (Å²) in [5.74, 6) is -0.718. The lowest BCUT2D eigenvalue weighted by Crippen LogP contribution is -2.51. The van der Waals surface area contributed by atoms with Crippen LogP contribution in [0, 0.1) is 12.8 Å². The molecule has 1 aromatic carbocycles. The average Bonchev–Trinajstić information content (AvgIpc) is 2.70. The maximum Gasteiger partial charge on any atom is 0.251 e. The van der Waals surface area contributed by atoms with Crippen LogP contribution in [0.3, 0.4) is 0 Å². The van der Waals surface area contributed by atoms with Gasteiger partial charge in [0.05, 0.1) is 6.54 Å². The van der Waals surface area contributed by atoms with E-state index in [-0.39, 0.29) is 35.6 Å². The van der Waals surface area contributed by atoms with Crippen molar-refractivity contribution in [3.8, 4) is 0 Å². The third kappa shape index (κ3) is 6.90. The van der Waals surface area contributed by atoms with E-state index in [1.165, 1.54) is 4.90 Å². The number of carbonyl (C=O) groups is 3. The highest BCUT2D eigenvalue weighted by Crippen LogP contribution is 2.22. The van der Waals surface area contributed by atoms with Crippen LogP contribution in [0.2, 0.25) is 0 Å². The number of hydrogen-bond donors (Lipinski definition) is 2. The van der Waals surface area contributed by atoms with E-state index < -0.39 is 6.04 Å². The second-order valence-corrected chi connectivity index (χ2v) is 9.48. The quantitative estimate of drug-likeness (QED) is 0.692. The molecule has 172 valence electrons. The van der Waals surface area contributed by atoms with Gasteiger partial charge in [-0.05, 0) is 53.6 Å². The predicted octanol–water partition coefficient (Wildman–Crippen LogP) is 3.54. The normalized spacial score (nSPS) is 12.2. The molecule has 0 bridgehead atoms. The Kier molecular flexibility index (Phi) is 8.14. The lowest BCUT2D eigenvalue weighted by atomic mass is 9.86. The van der Waals surface area contributed by atoms with E-state index in [0.717, 1.165) is 11.1 Å². The van der Waals surface area contributed by atoms with Gasteiger partial charge < -0.3 is 15.5 Å². The summed E-state index contributed by atoms with van der Waals surface area (Å²) < 4.78 is 0. The van der Waals surface area contributed by atoms with Crippen molar-refractivity contribution >= 4 is 23.5 Å². The average molecular weight is 439 g/mol. The maximum absolute atomic E-state index is 13.0. The van der Waals surface area contributed by atoms with E-state index >= 15 is 0 Å². The van der Waals surface area contributed by atoms with Crippen LogP contribution in [0.25, 0.3) is 0 Å². The van der Waals surface area contributed by atoms with Crippen molar-refractivity contribution in [2.24, 2.45) is 5.92 Å². The molecule has 0 fully saturated rings. The van der Waals surface area contributed by atoms with Gasteiger partial charge in [0.15, 0.2) is 0 Å². The predicted molar refractivity (Wildman–Crippen MR) is 126 cm³/mol. The third-order valence-corrected chi connectivity index (χ3v) is 5.17. The molecule has 7 nitrogen and oxygen atoms in total. The van der Waals surface area contributed by atoms with E-state index in [9.17, 15) is 14.4 Å². The largest absolute Gasteiger partial charge is 0.340 e. The molecule has 2 rings (SSSR count). The van der Waals surface area contributed by atoms with Gasteiger partial charge in [-0.25, -0.2) is 4.98 Å². The first kappa shape index (κ1) is 25.0. The van der Waals surface area contributed by atoms with Gasteiger partial charge in [0, 0.05) is 18.8 Å². The zero-order valence-electron chi connectivity index (χ0n) is 20.0. The Morgan fingerprint density at radius 1 is 1.06 bits per heavy atom. The lowest BCUT2D eigenvalue weighted by Gasteiger charge is -2.27. The monoisotopic (exact) mass is 438 g/mol. The molecule has 0 aliphatic rings. The number of benzene rings is 1. The zero-order chi connectivity index (χ0) is 24.1. The van der Waals surface area contributed by atoms with Crippen LogP contribution in [0.1, 0.15) is 56.1 Å². The van der Waals surface area contributed by atoms with Gasteiger partial charge in [0.2, 0.25) is 11.8 Å². The SMILES string of the molecule is Cc1ccnc(NC(=O)CN(C)C(=O)C(NC(=O)c2ccc(C(C)(C)C)cc2)C(C)C)c1. The Bertz CT molecular complexity index is 962. The van der Waals surface area contributed by atoms with Crippen LogP contribution >= 0.6 is 0 Å². The van der Waals surface area contributed by atoms with Crippen molar-refractivity contribution in [2.75, 3.05) is 18.9 Å². The number of nitrogens with zero attached hydrogens (tertiary/aromatic N) is 2. The number of nitrogens with one attached hydrogen (secondary N) is 2. The third-order valence-electron chi connectivity index (χ3n) is 5.17. The topological polar surface area (TPSA) is 91.4 Å². The zero-order valence-corrected chi connectivity index (χ0v) is 20.0. The van der Waals surface area contributed by atoms with Gasteiger partial charge in [0.25, 0.3) is 5.91 Å². The molecule has 7 heteroatoms. The Morgan fingerprint density at radius 3 is 2.22 bits per heavy atom. The van der Waals surface area contributed by atoms with E-state index in [2.05, 4.69) is 36.4 Å². The second kappa shape index (κ2) is 10.4. The Labute approximate surface area is 190 Å². The maximum atomic E-state index is 13.0. The molecule has 1 aromatic heterocycles. The highest BCUT2D eigenvalue weighted by atomic mass is 16.2. The van der Waals surface area contributed by atoms with E-state index in [0.29, 0.717) is 11.4 Å². The molecule has 0 saturated heterocycles. The molecule has 2 N–H and O–H groups in total. The smallest absolute Gasteiger partial charge is 0.251 e. The van der Waals surface area contributed by atoms with Crippen LogP contribution < -0.4 is 10.6 Å². The molecule has 1 heterocycles. The molecule has 1 atom stereocenters. The summed E-state index contributed by atoms with van der Waals surface area (Å²) in [6, 6.07) is 10.2. The van der Waals surface area contributed by atoms with Crippen molar-refractivity contribution < 1.29 is 14.4 Å². The standard InChI is InChI=1S/C25H34N4O3/c1-16(2)22(28-23(31)18-8-10-19(11-9-18)25(4,5)6)24(32)29(7)15-21(30)27-20-14-17(3)12-13-26-20/h8-14,16,22H,15H2,1-7H3,(H,28,31)(H,26,27,30). The van der Waals surface area contributed by atoms with Gasteiger partial charge in [0.1, 0.15) is 11.9 Å². The molecule has 32 heavy (non-hydrogen) atoms. The number of amides is 3. The highest BCUT2D eigenvalue weighted by Gasteiger charge is 2.28. The Balaban J connectivity index is 2.03. The van der Waals surface area contributed by atoms with E-state index in [1.807, 2.05) is 39.0 Å². The number of pyridine rings is 1. The number of aryl methyl sites for hydroxylation is 1. The van der Waals surface area contributed by atoms with Gasteiger partial charge in [-0.3, -0.25) is 14.4 Å². The van der Waals surface area contributed by atoms with Gasteiger partial charge in [-0.1, -0.05) is 46.8 Å². The Hall–Kier alpha value is -3.22. The first-order valence-corrected chi connectivity index (χ1v) is 10.8. The minimum atomic E-state index is -0.750. The first-order chi connectivity index (χ1) is 14.9. The molecule has 3 amide bonds. The highest BCUT2D eigenvalue weighted by molar-refractivity contribution is 5.99. The van der Waals surface area contributed by atoms with E-state index in [1.54, 1.807) is 31.4 Å². The van der Waals surface area contributed by atoms with Crippen molar-refractivity contribution in [1.29, 1.82) is 0 Å². The van der Waals surface area contributed by atoms with Crippen molar-refractivity contribution in [2.45, 2.75) is 53.0 Å². The van der Waals surface area contributed by atoms with Crippen LogP contribution in [0.4, 0.5) is 5.82 Å². The molecule has 2 aromatic rings. The summed E-state index contributed by atoms with van der Waals surface area (Å²) in [6.07, 6.45) is 1.61. The van der Waals surface area contributed by atoms with Crippen molar-refractivity contribution in [3.05, 3.63) is 59.3 Å². The van der Waals surface area contributed by atoms with Crippen molar-refractivity contribution in [1.82, 2.24) is 15.2 Å². The fourth-order valence-electron chi connectivity index (χ4n) is 3.18. The Morgan fingerprint density at radius 2 is 1.69 bits per heavy atom. The molecule has 1 unspecified atom stereocenters. The van der Waals surface area contributed by atoms with Crippen LogP contribution in [0.5, 0.6) is 0 Å². The minimum Gasteiger partial charge on any atom is -0.340 e. The fourth-order valence-corrected chi connectivity index (χ4v) is 3.18. The molecule has 0 spiro atoms. The van der Waals surface area contributed by atoms with Crippen LogP contribution in [-0.4, -0.2) is 47.2 Å². The van der Waals surface area contributed by atoms with Gasteiger partial charge in [-0.2, -0.15) is 0 Å². The molecule has 0 aliphatic heterocycles. The fraction of sp³-hybridized carbons (Fsp3) is 0.440. The summed E-state index contributed by atoms with van der Waals surface area (Å²) in [6.45, 7) is 11.8. The minimum absolute atomic E-state index is 0.0112. The van der Waals surface area contributed by atoms with Gasteiger partial charge in [-0.15, -0.1) is 0 Å². The second-order valence-electron chi connectivity index (χ2n) is 9.48. The molecule has 0 radical (unpaired) electrons. The number of aromatic nitrogens is 1. The molecular weight excluding hydrogens is 404 g/mol. The first-order valence-electron chi connectivity index (χ1n) is 10.8. The summed E-state index contributed by atoms with van der Waals surface area (Å²) in [5.41, 5.74) is 2.57. The van der Waals surface area contributed by atoms with Crippen LogP contribution in [-0.2, 0) is 15.0 Å². The van der Waals surface area contributed by atoms with Crippen LogP contribution in [0.15, 0.2) is 42.6 Å². The van der Waals surface area contributed by atoms with Crippen molar-refractivity contribution in [3.63, 3.8) is 0 Å². The molecular formula is C25H34N4O3. The van der Waals surface area contributed by atoms with Gasteiger partial charge >= 0.3 is 0 Å². The summed E-state index contributed by atoms with van der Waals surface area (Å²) in [5, 5.41) is 5.52.